The zero-order valence-electron chi connectivity index (χ0n) is 28.6. The molecule has 1 saturated carbocycles. The van der Waals surface area contributed by atoms with Crippen LogP contribution in [-0.4, -0.2) is 52.7 Å². The van der Waals surface area contributed by atoms with Crippen LogP contribution in [0.3, 0.4) is 0 Å². The molecule has 4 aromatic rings. The molecule has 0 amide bonds. The van der Waals surface area contributed by atoms with Crippen LogP contribution in [0.1, 0.15) is 65.5 Å². The lowest BCUT2D eigenvalue weighted by molar-refractivity contribution is -0.140. The Morgan fingerprint density at radius 3 is 2.42 bits per heavy atom. The van der Waals surface area contributed by atoms with Gasteiger partial charge < -0.3 is 24.2 Å². The second-order valence-corrected chi connectivity index (χ2v) is 13.6. The number of likely N-dealkylation sites (tertiary alicyclic amines) is 1. The number of nitriles is 1. The van der Waals surface area contributed by atoms with Crippen molar-refractivity contribution in [1.29, 1.82) is 5.26 Å². The summed E-state index contributed by atoms with van der Waals surface area (Å²) in [6.45, 7) is 9.06. The summed E-state index contributed by atoms with van der Waals surface area (Å²) < 4.78 is 18.8. The Labute approximate surface area is 298 Å². The van der Waals surface area contributed by atoms with E-state index in [1.165, 1.54) is 32.1 Å². The minimum absolute atomic E-state index is 0.155. The molecule has 0 atom stereocenters. The number of nitrogens with one attached hydrogen (secondary N) is 1. The maximum absolute atomic E-state index is 11.8. The van der Waals surface area contributed by atoms with Gasteiger partial charge in [0.1, 0.15) is 42.1 Å². The standard InChI is InChI=1S/C40H43ClN4O5/c1-27-31(8-5-9-33(27)34-10-6-11-36(28(34)2)48-17-7-16-45-14-3-4-15-45)26-50-38-20-37(49-25-30-18-29(21-42)22-43-23-30)32(19-35(38)41)24-44-40(12-13-40)39(46)47/h5-6,8-11,18-20,22-23,44H,3-4,7,12-17,24-26H2,1-2H3,(H,46,47). The van der Waals surface area contributed by atoms with Crippen molar-refractivity contribution in [2.24, 2.45) is 0 Å². The van der Waals surface area contributed by atoms with E-state index in [-0.39, 0.29) is 19.8 Å². The molecule has 9 nitrogen and oxygen atoms in total. The third kappa shape index (κ3) is 8.39. The average Bonchev–Trinajstić information content (AvgIpc) is 3.75. The molecular formula is C40H43ClN4O5. The molecule has 3 aromatic carbocycles. The van der Waals surface area contributed by atoms with Crippen molar-refractivity contribution in [3.05, 3.63) is 105 Å². The van der Waals surface area contributed by atoms with Crippen molar-refractivity contribution in [2.45, 2.75) is 71.2 Å². The molecule has 1 aromatic heterocycles. The molecule has 2 aliphatic rings. The largest absolute Gasteiger partial charge is 0.493 e. The van der Waals surface area contributed by atoms with Gasteiger partial charge in [-0.25, -0.2) is 0 Å². The van der Waals surface area contributed by atoms with Crippen LogP contribution in [0.25, 0.3) is 11.1 Å². The highest BCUT2D eigenvalue weighted by atomic mass is 35.5. The average molecular weight is 695 g/mol. The second-order valence-electron chi connectivity index (χ2n) is 13.2. The first-order chi connectivity index (χ1) is 24.3. The number of aromatic nitrogens is 1. The fourth-order valence-electron chi connectivity index (χ4n) is 6.43. The van der Waals surface area contributed by atoms with E-state index in [4.69, 9.17) is 25.8 Å². The normalized spacial score (nSPS) is 15.0. The van der Waals surface area contributed by atoms with Gasteiger partial charge in [0.05, 0.1) is 17.2 Å². The Bertz CT molecular complexity index is 1880. The van der Waals surface area contributed by atoms with Crippen molar-refractivity contribution in [3.8, 4) is 34.4 Å². The van der Waals surface area contributed by atoms with Gasteiger partial charge >= 0.3 is 5.97 Å². The van der Waals surface area contributed by atoms with E-state index in [9.17, 15) is 15.2 Å². The van der Waals surface area contributed by atoms with Crippen LogP contribution >= 0.6 is 11.6 Å². The minimum Gasteiger partial charge on any atom is -0.493 e. The van der Waals surface area contributed by atoms with Gasteiger partial charge in [-0.2, -0.15) is 5.26 Å². The fraction of sp³-hybridized carbons (Fsp3) is 0.375. The third-order valence-electron chi connectivity index (χ3n) is 9.69. The third-order valence-corrected chi connectivity index (χ3v) is 9.98. The lowest BCUT2D eigenvalue weighted by Gasteiger charge is -2.19. The molecular weight excluding hydrogens is 652 g/mol. The number of hydrogen-bond acceptors (Lipinski definition) is 8. The molecule has 0 unspecified atom stereocenters. The maximum Gasteiger partial charge on any atom is 0.323 e. The van der Waals surface area contributed by atoms with Crippen LogP contribution in [0.15, 0.2) is 67.0 Å². The van der Waals surface area contributed by atoms with Crippen LogP contribution in [0.4, 0.5) is 0 Å². The van der Waals surface area contributed by atoms with Crippen LogP contribution in [0.2, 0.25) is 5.02 Å². The fourth-order valence-corrected chi connectivity index (χ4v) is 6.67. The molecule has 2 N–H and O–H groups in total. The number of hydrogen-bond donors (Lipinski definition) is 2. The van der Waals surface area contributed by atoms with Gasteiger partial charge in [0.25, 0.3) is 0 Å². The van der Waals surface area contributed by atoms with E-state index >= 15 is 0 Å². The monoisotopic (exact) mass is 694 g/mol. The number of aliphatic carboxylic acids is 1. The number of halogens is 1. The van der Waals surface area contributed by atoms with Crippen molar-refractivity contribution >= 4 is 17.6 Å². The number of benzene rings is 3. The first kappa shape index (κ1) is 35.2. The highest BCUT2D eigenvalue weighted by Crippen LogP contribution is 2.39. The SMILES string of the molecule is Cc1c(COc2cc(OCc3cncc(C#N)c3)c(CNC3(C(=O)O)CC3)cc2Cl)cccc1-c1cccc(OCCCN2CCCC2)c1C. The lowest BCUT2D eigenvalue weighted by atomic mass is 9.93. The molecule has 10 heteroatoms. The van der Waals surface area contributed by atoms with Gasteiger partial charge in [-0.05, 0) is 105 Å². The van der Waals surface area contributed by atoms with Gasteiger partial charge in [0.15, 0.2) is 0 Å². The van der Waals surface area contributed by atoms with E-state index in [1.54, 1.807) is 24.4 Å². The number of nitrogens with zero attached hydrogens (tertiary/aromatic N) is 3. The number of carbonyl (C=O) groups is 1. The van der Waals surface area contributed by atoms with E-state index in [0.29, 0.717) is 47.1 Å². The quantitative estimate of drug-likeness (QED) is 0.114. The molecule has 1 aliphatic heterocycles. The maximum atomic E-state index is 11.8. The van der Waals surface area contributed by atoms with Crippen molar-refractivity contribution in [3.63, 3.8) is 0 Å². The summed E-state index contributed by atoms with van der Waals surface area (Å²) in [6, 6.07) is 19.7. The number of carboxylic acids is 1. The molecule has 2 heterocycles. The summed E-state index contributed by atoms with van der Waals surface area (Å²) in [4.78, 5) is 18.4. The molecule has 1 aliphatic carbocycles. The van der Waals surface area contributed by atoms with Gasteiger partial charge in [-0.1, -0.05) is 41.9 Å². The number of ether oxygens (including phenoxy) is 3. The molecule has 6 rings (SSSR count). The lowest BCUT2D eigenvalue weighted by Crippen LogP contribution is -2.38. The number of pyridine rings is 1. The van der Waals surface area contributed by atoms with Crippen LogP contribution < -0.4 is 19.5 Å². The van der Waals surface area contributed by atoms with Crippen molar-refractivity contribution < 1.29 is 24.1 Å². The van der Waals surface area contributed by atoms with Crippen molar-refractivity contribution in [1.82, 2.24) is 15.2 Å². The van der Waals surface area contributed by atoms with Gasteiger partial charge in [0, 0.05) is 42.7 Å². The van der Waals surface area contributed by atoms with Crippen molar-refractivity contribution in [2.75, 3.05) is 26.2 Å². The Balaban J connectivity index is 1.17. The minimum atomic E-state index is -0.927. The van der Waals surface area contributed by atoms with Gasteiger partial charge in [0.2, 0.25) is 0 Å². The predicted molar refractivity (Wildman–Crippen MR) is 193 cm³/mol. The van der Waals surface area contributed by atoms with Crippen LogP contribution in [0.5, 0.6) is 17.2 Å². The molecule has 50 heavy (non-hydrogen) atoms. The molecule has 0 spiro atoms. The van der Waals surface area contributed by atoms with Crippen LogP contribution in [-0.2, 0) is 24.6 Å². The second kappa shape index (κ2) is 15.9. The first-order valence-electron chi connectivity index (χ1n) is 17.2. The Hall–Kier alpha value is -4.62. The Morgan fingerprint density at radius 2 is 1.68 bits per heavy atom. The van der Waals surface area contributed by atoms with E-state index < -0.39 is 11.5 Å². The topological polar surface area (TPSA) is 117 Å². The molecule has 2 fully saturated rings. The van der Waals surface area contributed by atoms with E-state index in [0.717, 1.165) is 52.1 Å². The summed E-state index contributed by atoms with van der Waals surface area (Å²) >= 11 is 6.76. The highest BCUT2D eigenvalue weighted by molar-refractivity contribution is 6.32. The summed E-state index contributed by atoms with van der Waals surface area (Å²) in [5.74, 6) is 0.980. The summed E-state index contributed by atoms with van der Waals surface area (Å²) in [6.07, 6.45) is 7.87. The van der Waals surface area contributed by atoms with E-state index in [2.05, 4.69) is 47.3 Å². The Morgan fingerprint density at radius 1 is 0.940 bits per heavy atom. The Kier molecular flexibility index (Phi) is 11.2. The zero-order chi connectivity index (χ0) is 35.1. The number of carboxylic acid groups (broad SMARTS) is 1. The summed E-state index contributed by atoms with van der Waals surface area (Å²) in [5.41, 5.74) is 6.39. The molecule has 1 saturated heterocycles. The highest BCUT2D eigenvalue weighted by Gasteiger charge is 2.49. The van der Waals surface area contributed by atoms with Gasteiger partial charge in [-0.3, -0.25) is 15.1 Å². The summed E-state index contributed by atoms with van der Waals surface area (Å²) in [7, 11) is 0. The first-order valence-corrected chi connectivity index (χ1v) is 17.6. The van der Waals surface area contributed by atoms with E-state index in [1.807, 2.05) is 24.3 Å². The summed E-state index contributed by atoms with van der Waals surface area (Å²) in [5, 5.41) is 22.5. The molecule has 0 bridgehead atoms. The van der Waals surface area contributed by atoms with Gasteiger partial charge in [-0.15, -0.1) is 0 Å². The van der Waals surface area contributed by atoms with Crippen LogP contribution in [0, 0.1) is 25.2 Å². The molecule has 260 valence electrons. The number of rotatable bonds is 16. The molecule has 0 radical (unpaired) electrons. The smallest absolute Gasteiger partial charge is 0.323 e. The predicted octanol–water partition coefficient (Wildman–Crippen LogP) is 7.62. The zero-order valence-corrected chi connectivity index (χ0v) is 29.4.